The number of nitriles is 1. The standard InChI is InChI=1S/C15H14ClN3O/c1-9(2)12-5-14(10(3)4-13(12)16)20-15-8-18-11(6-17)7-19-15/h4-5,7-9H,1-3H3. The van der Waals surface area contributed by atoms with E-state index in [0.717, 1.165) is 16.1 Å². The van der Waals surface area contributed by atoms with Crippen molar-refractivity contribution in [3.63, 3.8) is 0 Å². The molecule has 0 amide bonds. The van der Waals surface area contributed by atoms with Gasteiger partial charge in [-0.3, -0.25) is 0 Å². The second kappa shape index (κ2) is 5.89. The van der Waals surface area contributed by atoms with Crippen LogP contribution in [0.3, 0.4) is 0 Å². The van der Waals surface area contributed by atoms with Crippen LogP contribution in [0.15, 0.2) is 24.5 Å². The second-order valence-corrected chi connectivity index (χ2v) is 5.15. The molecule has 0 atom stereocenters. The number of hydrogen-bond donors (Lipinski definition) is 0. The molecule has 1 heterocycles. The first kappa shape index (κ1) is 14.3. The fourth-order valence-electron chi connectivity index (χ4n) is 1.76. The molecular formula is C15H14ClN3O. The van der Waals surface area contributed by atoms with Gasteiger partial charge in [0.05, 0.1) is 12.4 Å². The molecule has 4 nitrogen and oxygen atoms in total. The summed E-state index contributed by atoms with van der Waals surface area (Å²) in [6.45, 7) is 6.06. The minimum absolute atomic E-state index is 0.257. The van der Waals surface area contributed by atoms with Crippen LogP contribution in [0.25, 0.3) is 0 Å². The van der Waals surface area contributed by atoms with E-state index in [1.807, 2.05) is 25.1 Å². The lowest BCUT2D eigenvalue weighted by molar-refractivity contribution is 0.455. The van der Waals surface area contributed by atoms with Crippen LogP contribution in [0, 0.1) is 18.3 Å². The van der Waals surface area contributed by atoms with Gasteiger partial charge in [-0.25, -0.2) is 9.97 Å². The third kappa shape index (κ3) is 3.06. The molecule has 2 rings (SSSR count). The lowest BCUT2D eigenvalue weighted by Crippen LogP contribution is -1.96. The minimum atomic E-state index is 0.257. The van der Waals surface area contributed by atoms with E-state index in [2.05, 4.69) is 23.8 Å². The molecule has 0 aliphatic heterocycles. The van der Waals surface area contributed by atoms with Gasteiger partial charge in [0.2, 0.25) is 5.88 Å². The van der Waals surface area contributed by atoms with Crippen LogP contribution in [0.2, 0.25) is 5.02 Å². The SMILES string of the molecule is Cc1cc(Cl)c(C(C)C)cc1Oc1cnc(C#N)cn1. The van der Waals surface area contributed by atoms with Gasteiger partial charge < -0.3 is 4.74 Å². The zero-order chi connectivity index (χ0) is 14.7. The van der Waals surface area contributed by atoms with E-state index in [0.29, 0.717) is 17.5 Å². The Kier molecular flexibility index (Phi) is 4.21. The van der Waals surface area contributed by atoms with E-state index in [1.54, 1.807) is 0 Å². The van der Waals surface area contributed by atoms with Gasteiger partial charge in [0, 0.05) is 5.02 Å². The van der Waals surface area contributed by atoms with Crippen LogP contribution < -0.4 is 4.74 Å². The monoisotopic (exact) mass is 287 g/mol. The summed E-state index contributed by atoms with van der Waals surface area (Å²) in [5, 5.41) is 9.41. The summed E-state index contributed by atoms with van der Waals surface area (Å²) in [4.78, 5) is 7.97. The number of rotatable bonds is 3. The van der Waals surface area contributed by atoms with E-state index in [4.69, 9.17) is 21.6 Å². The normalized spacial score (nSPS) is 10.4. The van der Waals surface area contributed by atoms with Crippen LogP contribution >= 0.6 is 11.6 Å². The number of benzene rings is 1. The zero-order valence-corrected chi connectivity index (χ0v) is 12.3. The molecule has 0 aliphatic carbocycles. The fourth-order valence-corrected chi connectivity index (χ4v) is 2.20. The first-order chi connectivity index (χ1) is 9.51. The van der Waals surface area contributed by atoms with Crippen LogP contribution in [0.1, 0.15) is 36.6 Å². The van der Waals surface area contributed by atoms with Crippen molar-refractivity contribution >= 4 is 11.6 Å². The molecule has 0 radical (unpaired) electrons. The molecule has 102 valence electrons. The van der Waals surface area contributed by atoms with Gasteiger partial charge >= 0.3 is 0 Å². The van der Waals surface area contributed by atoms with Crippen molar-refractivity contribution in [3.8, 4) is 17.7 Å². The topological polar surface area (TPSA) is 58.8 Å². The van der Waals surface area contributed by atoms with Crippen molar-refractivity contribution in [2.24, 2.45) is 0 Å². The number of nitrogens with zero attached hydrogens (tertiary/aromatic N) is 3. The molecule has 1 aromatic heterocycles. The number of halogens is 1. The second-order valence-electron chi connectivity index (χ2n) is 4.75. The van der Waals surface area contributed by atoms with E-state index >= 15 is 0 Å². The van der Waals surface area contributed by atoms with E-state index in [9.17, 15) is 0 Å². The average Bonchev–Trinajstić information content (AvgIpc) is 2.42. The molecule has 0 bridgehead atoms. The fraction of sp³-hybridized carbons (Fsp3) is 0.267. The van der Waals surface area contributed by atoms with E-state index in [1.165, 1.54) is 12.4 Å². The summed E-state index contributed by atoms with van der Waals surface area (Å²) in [7, 11) is 0. The van der Waals surface area contributed by atoms with Crippen LogP contribution in [0.5, 0.6) is 11.6 Å². The highest BCUT2D eigenvalue weighted by Crippen LogP contribution is 2.33. The number of aryl methyl sites for hydroxylation is 1. The first-order valence-corrected chi connectivity index (χ1v) is 6.59. The molecule has 0 N–H and O–H groups in total. The molecule has 0 saturated heterocycles. The van der Waals surface area contributed by atoms with Gasteiger partial charge in [0.25, 0.3) is 0 Å². The summed E-state index contributed by atoms with van der Waals surface area (Å²) in [6, 6.07) is 5.71. The maximum Gasteiger partial charge on any atom is 0.237 e. The van der Waals surface area contributed by atoms with Crippen molar-refractivity contribution < 1.29 is 4.74 Å². The molecule has 20 heavy (non-hydrogen) atoms. The zero-order valence-electron chi connectivity index (χ0n) is 11.5. The third-order valence-corrected chi connectivity index (χ3v) is 3.20. The van der Waals surface area contributed by atoms with Crippen molar-refractivity contribution in [2.45, 2.75) is 26.7 Å². The van der Waals surface area contributed by atoms with Gasteiger partial charge in [-0.05, 0) is 36.1 Å². The number of hydrogen-bond acceptors (Lipinski definition) is 4. The van der Waals surface area contributed by atoms with Crippen molar-refractivity contribution in [1.82, 2.24) is 9.97 Å². The quantitative estimate of drug-likeness (QED) is 0.848. The smallest absolute Gasteiger partial charge is 0.237 e. The van der Waals surface area contributed by atoms with E-state index < -0.39 is 0 Å². The van der Waals surface area contributed by atoms with Crippen LogP contribution in [0.4, 0.5) is 0 Å². The summed E-state index contributed by atoms with van der Waals surface area (Å²) >= 11 is 6.22. The maximum atomic E-state index is 8.68. The van der Waals surface area contributed by atoms with E-state index in [-0.39, 0.29) is 5.69 Å². The lowest BCUT2D eigenvalue weighted by atomic mass is 10.0. The highest BCUT2D eigenvalue weighted by Gasteiger charge is 2.11. The Balaban J connectivity index is 2.33. The number of ether oxygens (including phenoxy) is 1. The molecule has 0 spiro atoms. The summed E-state index contributed by atoms with van der Waals surface area (Å²) < 4.78 is 5.71. The van der Waals surface area contributed by atoms with Gasteiger partial charge in [0.1, 0.15) is 11.8 Å². The molecule has 2 aromatic rings. The predicted octanol–water partition coefficient (Wildman–Crippen LogP) is 4.23. The Bertz CT molecular complexity index is 660. The van der Waals surface area contributed by atoms with Gasteiger partial charge in [0.15, 0.2) is 5.69 Å². The van der Waals surface area contributed by atoms with Gasteiger partial charge in [-0.1, -0.05) is 25.4 Å². The first-order valence-electron chi connectivity index (χ1n) is 6.21. The molecule has 0 unspecified atom stereocenters. The van der Waals surface area contributed by atoms with Gasteiger partial charge in [-0.2, -0.15) is 5.26 Å². The Morgan fingerprint density at radius 3 is 2.55 bits per heavy atom. The van der Waals surface area contributed by atoms with Crippen LogP contribution in [-0.2, 0) is 0 Å². The maximum absolute atomic E-state index is 8.68. The minimum Gasteiger partial charge on any atom is -0.437 e. The molecule has 0 aliphatic rings. The number of aromatic nitrogens is 2. The van der Waals surface area contributed by atoms with Crippen LogP contribution in [-0.4, -0.2) is 9.97 Å². The third-order valence-electron chi connectivity index (χ3n) is 2.87. The summed E-state index contributed by atoms with van der Waals surface area (Å²) in [6.07, 6.45) is 2.81. The summed E-state index contributed by atoms with van der Waals surface area (Å²) in [5.41, 5.74) is 2.20. The molecule has 5 heteroatoms. The molecule has 0 fully saturated rings. The Hall–Kier alpha value is -2.12. The lowest BCUT2D eigenvalue weighted by Gasteiger charge is -2.13. The summed E-state index contributed by atoms with van der Waals surface area (Å²) in [5.74, 6) is 1.35. The average molecular weight is 288 g/mol. The molecular weight excluding hydrogens is 274 g/mol. The Labute approximate surface area is 123 Å². The molecule has 1 aromatic carbocycles. The van der Waals surface area contributed by atoms with Crippen molar-refractivity contribution in [2.75, 3.05) is 0 Å². The predicted molar refractivity (Wildman–Crippen MR) is 77.1 cm³/mol. The van der Waals surface area contributed by atoms with Crippen molar-refractivity contribution in [1.29, 1.82) is 5.26 Å². The Morgan fingerprint density at radius 1 is 1.25 bits per heavy atom. The largest absolute Gasteiger partial charge is 0.437 e. The highest BCUT2D eigenvalue weighted by molar-refractivity contribution is 6.31. The van der Waals surface area contributed by atoms with Gasteiger partial charge in [-0.15, -0.1) is 0 Å². The van der Waals surface area contributed by atoms with Crippen molar-refractivity contribution in [3.05, 3.63) is 46.4 Å². The molecule has 0 saturated carbocycles. The highest BCUT2D eigenvalue weighted by atomic mass is 35.5. The Morgan fingerprint density at radius 2 is 2.00 bits per heavy atom.